The second-order valence-electron chi connectivity index (χ2n) is 6.51. The first-order chi connectivity index (χ1) is 12.3. The lowest BCUT2D eigenvalue weighted by atomic mass is 10.2. The molecule has 0 spiro atoms. The zero-order valence-electron chi connectivity index (χ0n) is 14.9. The van der Waals surface area contributed by atoms with Crippen LogP contribution >= 0.6 is 11.6 Å². The van der Waals surface area contributed by atoms with E-state index in [-0.39, 0.29) is 11.2 Å². The van der Waals surface area contributed by atoms with E-state index in [1.165, 1.54) is 11.6 Å². The number of rotatable bonds is 2. The van der Waals surface area contributed by atoms with Crippen LogP contribution in [-0.2, 0) is 20.6 Å². The first-order valence-corrected chi connectivity index (χ1v) is 8.57. The van der Waals surface area contributed by atoms with Gasteiger partial charge in [-0.25, -0.2) is 4.79 Å². The van der Waals surface area contributed by atoms with Crippen LogP contribution in [0.4, 0.5) is 0 Å². The van der Waals surface area contributed by atoms with E-state index in [4.69, 9.17) is 11.6 Å². The molecule has 0 atom stereocenters. The van der Waals surface area contributed by atoms with E-state index in [1.54, 1.807) is 7.05 Å². The third-order valence-corrected chi connectivity index (χ3v) is 5.25. The highest BCUT2D eigenvalue weighted by Gasteiger charge is 2.21. The van der Waals surface area contributed by atoms with Crippen molar-refractivity contribution >= 4 is 28.5 Å². The molecule has 4 aromatic rings. The molecule has 0 saturated heterocycles. The quantitative estimate of drug-likeness (QED) is 0.541. The monoisotopic (exact) mass is 371 g/mol. The molecule has 3 heterocycles. The van der Waals surface area contributed by atoms with Gasteiger partial charge in [0.1, 0.15) is 0 Å². The van der Waals surface area contributed by atoms with Crippen LogP contribution in [0.5, 0.6) is 0 Å². The van der Waals surface area contributed by atoms with Crippen LogP contribution in [-0.4, -0.2) is 23.1 Å². The second kappa shape index (κ2) is 5.60. The van der Waals surface area contributed by atoms with Gasteiger partial charge >= 0.3 is 5.69 Å². The van der Waals surface area contributed by atoms with Crippen molar-refractivity contribution in [1.29, 1.82) is 0 Å². The van der Waals surface area contributed by atoms with Crippen molar-refractivity contribution in [2.24, 2.45) is 14.1 Å². The van der Waals surface area contributed by atoms with E-state index in [0.29, 0.717) is 28.5 Å². The Hall–Kier alpha value is -2.80. The summed E-state index contributed by atoms with van der Waals surface area (Å²) in [6.45, 7) is 4.54. The first-order valence-electron chi connectivity index (χ1n) is 8.19. The number of hydrogen-bond donors (Lipinski definition) is 0. The van der Waals surface area contributed by atoms with E-state index in [1.807, 2.05) is 47.1 Å². The van der Waals surface area contributed by atoms with Crippen LogP contribution < -0.4 is 11.2 Å². The lowest BCUT2D eigenvalue weighted by Crippen LogP contribution is -2.37. The Kier molecular flexibility index (Phi) is 3.59. The third-order valence-electron chi connectivity index (χ3n) is 5.00. The number of fused-ring (bicyclic) bond motifs is 3. The summed E-state index contributed by atoms with van der Waals surface area (Å²) < 4.78 is 6.40. The SMILES string of the molecule is Cc1c(C)n2c3c(=O)n(C)c(=O)n(C)c3nc2n1Cc1ccc(Cl)cc1. The molecule has 1 aromatic carbocycles. The minimum atomic E-state index is -0.387. The number of aromatic nitrogens is 5. The van der Waals surface area contributed by atoms with Gasteiger partial charge in [0.25, 0.3) is 5.56 Å². The highest BCUT2D eigenvalue weighted by atomic mass is 35.5. The Balaban J connectivity index is 2.06. The molecule has 0 aliphatic rings. The lowest BCUT2D eigenvalue weighted by molar-refractivity contribution is 0.707. The Bertz CT molecular complexity index is 1290. The molecule has 0 fully saturated rings. The number of hydrogen-bond acceptors (Lipinski definition) is 3. The summed E-state index contributed by atoms with van der Waals surface area (Å²) in [5, 5.41) is 0.685. The van der Waals surface area contributed by atoms with Crippen LogP contribution in [0.1, 0.15) is 17.0 Å². The highest BCUT2D eigenvalue weighted by molar-refractivity contribution is 6.30. The molecule has 8 heteroatoms. The standard InChI is InChI=1S/C18H18ClN5O2/c1-10-11(2)24-14-15(21(3)18(26)22(4)16(14)25)20-17(24)23(10)9-12-5-7-13(19)8-6-12/h5-8H,9H2,1-4H3. The van der Waals surface area contributed by atoms with Gasteiger partial charge in [-0.1, -0.05) is 23.7 Å². The first kappa shape index (κ1) is 16.7. The number of benzene rings is 1. The van der Waals surface area contributed by atoms with Gasteiger partial charge in [0.15, 0.2) is 11.2 Å². The molecule has 134 valence electrons. The van der Waals surface area contributed by atoms with Gasteiger partial charge in [0, 0.05) is 30.5 Å². The molecular formula is C18H18ClN5O2. The van der Waals surface area contributed by atoms with Crippen LogP contribution in [0.15, 0.2) is 33.9 Å². The molecule has 0 radical (unpaired) electrons. The van der Waals surface area contributed by atoms with Gasteiger partial charge in [0.05, 0.1) is 6.54 Å². The summed E-state index contributed by atoms with van der Waals surface area (Å²) >= 11 is 5.97. The van der Waals surface area contributed by atoms with Crippen molar-refractivity contribution in [3.05, 3.63) is 67.1 Å². The molecule has 0 aliphatic heterocycles. The molecule has 4 rings (SSSR count). The largest absolute Gasteiger partial charge is 0.332 e. The van der Waals surface area contributed by atoms with Crippen molar-refractivity contribution in [3.8, 4) is 0 Å². The molecule has 0 saturated carbocycles. The molecule has 0 aliphatic carbocycles. The van der Waals surface area contributed by atoms with E-state index >= 15 is 0 Å². The van der Waals surface area contributed by atoms with Gasteiger partial charge in [-0.05, 0) is 31.5 Å². The summed E-state index contributed by atoms with van der Waals surface area (Å²) in [6, 6.07) is 7.62. The predicted molar refractivity (Wildman–Crippen MR) is 101 cm³/mol. The Labute approximate surface area is 153 Å². The Morgan fingerprint density at radius 2 is 1.65 bits per heavy atom. The van der Waals surface area contributed by atoms with Crippen LogP contribution in [0.25, 0.3) is 16.9 Å². The lowest BCUT2D eigenvalue weighted by Gasteiger charge is -2.07. The maximum absolute atomic E-state index is 12.7. The summed E-state index contributed by atoms with van der Waals surface area (Å²) in [5.74, 6) is 0.642. The van der Waals surface area contributed by atoms with Crippen molar-refractivity contribution in [2.75, 3.05) is 0 Å². The van der Waals surface area contributed by atoms with Crippen LogP contribution in [0.3, 0.4) is 0 Å². The molecule has 3 aromatic heterocycles. The maximum atomic E-state index is 12.7. The van der Waals surface area contributed by atoms with Gasteiger partial charge < -0.3 is 4.57 Å². The Morgan fingerprint density at radius 3 is 2.31 bits per heavy atom. The zero-order valence-corrected chi connectivity index (χ0v) is 15.7. The van der Waals surface area contributed by atoms with Crippen molar-refractivity contribution in [1.82, 2.24) is 23.1 Å². The molecule has 0 bridgehead atoms. The fourth-order valence-electron chi connectivity index (χ4n) is 3.35. The van der Waals surface area contributed by atoms with E-state index < -0.39 is 0 Å². The van der Waals surface area contributed by atoms with E-state index in [0.717, 1.165) is 21.5 Å². The van der Waals surface area contributed by atoms with Gasteiger partial charge in [-0.2, -0.15) is 4.98 Å². The fourth-order valence-corrected chi connectivity index (χ4v) is 3.48. The van der Waals surface area contributed by atoms with Crippen molar-refractivity contribution in [2.45, 2.75) is 20.4 Å². The molecule has 0 amide bonds. The number of aryl methyl sites for hydroxylation is 2. The van der Waals surface area contributed by atoms with E-state index in [2.05, 4.69) is 4.98 Å². The summed E-state index contributed by atoms with van der Waals surface area (Å²) in [6.07, 6.45) is 0. The number of imidazole rings is 2. The van der Waals surface area contributed by atoms with E-state index in [9.17, 15) is 9.59 Å². The average Bonchev–Trinajstić information content (AvgIpc) is 3.12. The summed E-state index contributed by atoms with van der Waals surface area (Å²) in [4.78, 5) is 29.6. The van der Waals surface area contributed by atoms with Crippen molar-refractivity contribution in [3.63, 3.8) is 0 Å². The molecular weight excluding hydrogens is 354 g/mol. The normalized spacial score (nSPS) is 11.7. The zero-order chi connectivity index (χ0) is 18.7. The summed E-state index contributed by atoms with van der Waals surface area (Å²) in [5.41, 5.74) is 3.08. The highest BCUT2D eigenvalue weighted by Crippen LogP contribution is 2.22. The maximum Gasteiger partial charge on any atom is 0.332 e. The smallest absolute Gasteiger partial charge is 0.309 e. The van der Waals surface area contributed by atoms with Gasteiger partial charge in [0.2, 0.25) is 5.78 Å². The minimum Gasteiger partial charge on any atom is -0.309 e. The molecule has 0 N–H and O–H groups in total. The van der Waals surface area contributed by atoms with Gasteiger partial charge in [-0.15, -0.1) is 0 Å². The number of halogens is 1. The topological polar surface area (TPSA) is 66.2 Å². The second-order valence-corrected chi connectivity index (χ2v) is 6.95. The molecule has 26 heavy (non-hydrogen) atoms. The van der Waals surface area contributed by atoms with Crippen LogP contribution in [0, 0.1) is 13.8 Å². The van der Waals surface area contributed by atoms with Crippen molar-refractivity contribution < 1.29 is 0 Å². The predicted octanol–water partition coefficient (Wildman–Crippen LogP) is 2.00. The Morgan fingerprint density at radius 1 is 1.00 bits per heavy atom. The van der Waals surface area contributed by atoms with Gasteiger partial charge in [-0.3, -0.25) is 18.3 Å². The fraction of sp³-hybridized carbons (Fsp3) is 0.278. The molecule has 0 unspecified atom stereocenters. The third kappa shape index (κ3) is 2.17. The number of nitrogens with zero attached hydrogens (tertiary/aromatic N) is 5. The summed E-state index contributed by atoms with van der Waals surface area (Å²) in [7, 11) is 3.11. The molecule has 7 nitrogen and oxygen atoms in total. The van der Waals surface area contributed by atoms with Crippen LogP contribution in [0.2, 0.25) is 5.02 Å². The minimum absolute atomic E-state index is 0.345. The average molecular weight is 372 g/mol.